The van der Waals surface area contributed by atoms with Crippen molar-refractivity contribution in [2.45, 2.75) is 20.8 Å². The molecular formula is C18H19N3O. The van der Waals surface area contributed by atoms with E-state index in [-0.39, 0.29) is 0 Å². The van der Waals surface area contributed by atoms with Crippen LogP contribution in [-0.2, 0) is 4.79 Å². The van der Waals surface area contributed by atoms with Crippen LogP contribution in [0.4, 0.5) is 11.4 Å². The number of nitrogens with two attached hydrogens (primary N) is 1. The molecule has 0 aliphatic carbocycles. The van der Waals surface area contributed by atoms with E-state index in [1.165, 1.54) is 5.56 Å². The Hall–Kier alpha value is -2.75. The van der Waals surface area contributed by atoms with E-state index in [0.29, 0.717) is 6.41 Å². The van der Waals surface area contributed by atoms with Gasteiger partial charge < -0.3 is 16.0 Å². The minimum absolute atomic E-state index is 0.700. The van der Waals surface area contributed by atoms with Crippen LogP contribution in [0.5, 0.6) is 0 Å². The molecule has 0 fully saturated rings. The van der Waals surface area contributed by atoms with E-state index in [0.717, 1.165) is 44.7 Å². The summed E-state index contributed by atoms with van der Waals surface area (Å²) in [5, 5.41) is 3.88. The second kappa shape index (κ2) is 5.22. The summed E-state index contributed by atoms with van der Waals surface area (Å²) in [5.74, 6) is 0. The number of amides is 1. The normalized spacial score (nSPS) is 10.9. The smallest absolute Gasteiger partial charge is 0.211 e. The Bertz CT molecular complexity index is 878. The molecule has 0 unspecified atom stereocenters. The van der Waals surface area contributed by atoms with Gasteiger partial charge in [-0.25, -0.2) is 0 Å². The average Bonchev–Trinajstić information content (AvgIpc) is 2.80. The highest BCUT2D eigenvalue weighted by Crippen LogP contribution is 2.38. The minimum atomic E-state index is 0.700. The van der Waals surface area contributed by atoms with Crippen LogP contribution in [0.15, 0.2) is 30.3 Å². The average molecular weight is 293 g/mol. The molecule has 1 aromatic heterocycles. The summed E-state index contributed by atoms with van der Waals surface area (Å²) < 4.78 is 0. The van der Waals surface area contributed by atoms with E-state index in [1.807, 2.05) is 38.1 Å². The summed E-state index contributed by atoms with van der Waals surface area (Å²) in [6.07, 6.45) is 0.700. The third kappa shape index (κ3) is 2.04. The highest BCUT2D eigenvalue weighted by atomic mass is 16.1. The number of rotatable bonds is 3. The Morgan fingerprint density at radius 3 is 2.55 bits per heavy atom. The van der Waals surface area contributed by atoms with Gasteiger partial charge in [0.25, 0.3) is 0 Å². The summed E-state index contributed by atoms with van der Waals surface area (Å²) in [6, 6.07) is 9.92. The molecule has 1 amide bonds. The Morgan fingerprint density at radius 2 is 1.82 bits per heavy atom. The van der Waals surface area contributed by atoms with Gasteiger partial charge in [-0.2, -0.15) is 0 Å². The molecule has 0 atom stereocenters. The standard InChI is InChI=1S/C18H19N3O/c1-10-12(3)21-18-16(20-9-22)8-7-14(17(10)18)13-5-4-6-15(19)11(13)2/h4-9,21H,19H2,1-3H3,(H,20,22). The third-order valence-corrected chi connectivity index (χ3v) is 4.34. The molecule has 0 spiro atoms. The molecule has 4 heteroatoms. The predicted molar refractivity (Wildman–Crippen MR) is 92.0 cm³/mol. The molecule has 0 aliphatic heterocycles. The lowest BCUT2D eigenvalue weighted by molar-refractivity contribution is -0.105. The first-order chi connectivity index (χ1) is 10.5. The number of hydrogen-bond acceptors (Lipinski definition) is 2. The number of aryl methyl sites for hydroxylation is 2. The maximum absolute atomic E-state index is 10.8. The van der Waals surface area contributed by atoms with E-state index in [4.69, 9.17) is 5.73 Å². The zero-order valence-electron chi connectivity index (χ0n) is 12.9. The monoisotopic (exact) mass is 293 g/mol. The van der Waals surface area contributed by atoms with Gasteiger partial charge in [-0.1, -0.05) is 18.2 Å². The lowest BCUT2D eigenvalue weighted by atomic mass is 9.94. The van der Waals surface area contributed by atoms with E-state index < -0.39 is 0 Å². The van der Waals surface area contributed by atoms with Crippen LogP contribution in [0.25, 0.3) is 22.0 Å². The highest BCUT2D eigenvalue weighted by Gasteiger charge is 2.15. The molecule has 112 valence electrons. The van der Waals surface area contributed by atoms with Gasteiger partial charge in [0.1, 0.15) is 0 Å². The summed E-state index contributed by atoms with van der Waals surface area (Å²) in [7, 11) is 0. The van der Waals surface area contributed by atoms with E-state index in [2.05, 4.69) is 23.3 Å². The van der Waals surface area contributed by atoms with Crippen LogP contribution in [0.1, 0.15) is 16.8 Å². The van der Waals surface area contributed by atoms with Gasteiger partial charge in [0.05, 0.1) is 11.2 Å². The Morgan fingerprint density at radius 1 is 1.05 bits per heavy atom. The van der Waals surface area contributed by atoms with Crippen molar-refractivity contribution >= 4 is 28.7 Å². The molecule has 4 nitrogen and oxygen atoms in total. The van der Waals surface area contributed by atoms with Crippen LogP contribution in [0.2, 0.25) is 0 Å². The van der Waals surface area contributed by atoms with E-state index in [9.17, 15) is 4.79 Å². The first-order valence-corrected chi connectivity index (χ1v) is 7.22. The molecule has 0 saturated carbocycles. The molecule has 1 heterocycles. The second-order valence-corrected chi connectivity index (χ2v) is 5.57. The van der Waals surface area contributed by atoms with Gasteiger partial charge in [-0.3, -0.25) is 4.79 Å². The van der Waals surface area contributed by atoms with Crippen LogP contribution in [0.3, 0.4) is 0 Å². The Labute approximate surface area is 129 Å². The summed E-state index contributed by atoms with van der Waals surface area (Å²) >= 11 is 0. The van der Waals surface area contributed by atoms with Crippen molar-refractivity contribution in [3.8, 4) is 11.1 Å². The third-order valence-electron chi connectivity index (χ3n) is 4.34. The largest absolute Gasteiger partial charge is 0.398 e. The summed E-state index contributed by atoms with van der Waals surface area (Å²) in [4.78, 5) is 14.2. The van der Waals surface area contributed by atoms with Crippen LogP contribution in [0, 0.1) is 20.8 Å². The first-order valence-electron chi connectivity index (χ1n) is 7.22. The fourth-order valence-electron chi connectivity index (χ4n) is 2.94. The number of nitrogens with one attached hydrogen (secondary N) is 2. The number of carbonyl (C=O) groups is 1. The number of fused-ring (bicyclic) bond motifs is 1. The molecule has 4 N–H and O–H groups in total. The molecule has 0 aliphatic rings. The topological polar surface area (TPSA) is 70.9 Å². The number of hydrogen-bond donors (Lipinski definition) is 3. The lowest BCUT2D eigenvalue weighted by Crippen LogP contribution is -1.96. The van der Waals surface area contributed by atoms with Crippen LogP contribution < -0.4 is 11.1 Å². The molecule has 3 rings (SSSR count). The Kier molecular flexibility index (Phi) is 3.37. The molecule has 0 radical (unpaired) electrons. The maximum Gasteiger partial charge on any atom is 0.211 e. The fraction of sp³-hybridized carbons (Fsp3) is 0.167. The number of H-pyrrole nitrogens is 1. The van der Waals surface area contributed by atoms with Crippen molar-refractivity contribution in [2.24, 2.45) is 0 Å². The van der Waals surface area contributed by atoms with Gasteiger partial charge in [0.15, 0.2) is 0 Å². The zero-order valence-corrected chi connectivity index (χ0v) is 12.9. The van der Waals surface area contributed by atoms with Crippen molar-refractivity contribution in [1.29, 1.82) is 0 Å². The number of aromatic amines is 1. The SMILES string of the molecule is Cc1[nH]c2c(NC=O)ccc(-c3cccc(N)c3C)c2c1C. The first kappa shape index (κ1) is 14.2. The Balaban J connectivity index is 2.38. The molecule has 22 heavy (non-hydrogen) atoms. The number of carbonyl (C=O) groups excluding carboxylic acids is 1. The van der Waals surface area contributed by atoms with Gasteiger partial charge in [0.2, 0.25) is 6.41 Å². The van der Waals surface area contributed by atoms with E-state index >= 15 is 0 Å². The minimum Gasteiger partial charge on any atom is -0.398 e. The highest BCUT2D eigenvalue weighted by molar-refractivity contribution is 6.06. The molecule has 0 bridgehead atoms. The van der Waals surface area contributed by atoms with Gasteiger partial charge in [-0.05, 0) is 55.2 Å². The lowest BCUT2D eigenvalue weighted by Gasteiger charge is -2.12. The molecular weight excluding hydrogens is 274 g/mol. The fourth-order valence-corrected chi connectivity index (χ4v) is 2.94. The summed E-state index contributed by atoms with van der Waals surface area (Å²) in [6.45, 7) is 6.16. The predicted octanol–water partition coefficient (Wildman–Crippen LogP) is 3.91. The maximum atomic E-state index is 10.8. The second-order valence-electron chi connectivity index (χ2n) is 5.57. The molecule has 3 aromatic rings. The van der Waals surface area contributed by atoms with Gasteiger partial charge in [-0.15, -0.1) is 0 Å². The zero-order chi connectivity index (χ0) is 15.9. The van der Waals surface area contributed by atoms with Crippen molar-refractivity contribution in [3.63, 3.8) is 0 Å². The number of nitrogen functional groups attached to an aromatic ring is 1. The van der Waals surface area contributed by atoms with E-state index in [1.54, 1.807) is 0 Å². The van der Waals surface area contributed by atoms with Crippen molar-refractivity contribution < 1.29 is 4.79 Å². The van der Waals surface area contributed by atoms with Crippen LogP contribution >= 0.6 is 0 Å². The molecule has 2 aromatic carbocycles. The van der Waals surface area contributed by atoms with Gasteiger partial charge >= 0.3 is 0 Å². The summed E-state index contributed by atoms with van der Waals surface area (Å²) in [5.41, 5.74) is 14.2. The molecule has 0 saturated heterocycles. The van der Waals surface area contributed by atoms with Crippen molar-refractivity contribution in [1.82, 2.24) is 4.98 Å². The van der Waals surface area contributed by atoms with Gasteiger partial charge in [0, 0.05) is 16.8 Å². The number of anilines is 2. The number of benzene rings is 2. The quantitative estimate of drug-likeness (QED) is 0.506. The van der Waals surface area contributed by atoms with Crippen LogP contribution in [-0.4, -0.2) is 11.4 Å². The number of aromatic nitrogens is 1. The van der Waals surface area contributed by atoms with Crippen molar-refractivity contribution in [2.75, 3.05) is 11.1 Å². The van der Waals surface area contributed by atoms with Crippen molar-refractivity contribution in [3.05, 3.63) is 47.2 Å².